The molecule has 80 valence electrons. The second-order valence-electron chi connectivity index (χ2n) is 4.32. The summed E-state index contributed by atoms with van der Waals surface area (Å²) >= 11 is 0. The topological polar surface area (TPSA) is 43.8 Å². The van der Waals surface area contributed by atoms with E-state index in [0.717, 1.165) is 17.6 Å². The maximum Gasteiger partial charge on any atom is 0.0958 e. The molecule has 0 aliphatic heterocycles. The summed E-state index contributed by atoms with van der Waals surface area (Å²) in [4.78, 5) is 4.37. The predicted molar refractivity (Wildman–Crippen MR) is 62.5 cm³/mol. The largest absolute Gasteiger partial charge is 0.330 e. The van der Waals surface area contributed by atoms with Crippen LogP contribution in [0, 0.1) is 5.92 Å². The third-order valence-electron chi connectivity index (χ3n) is 2.48. The van der Waals surface area contributed by atoms with Crippen molar-refractivity contribution in [2.45, 2.75) is 26.9 Å². The first kappa shape index (κ1) is 10.2. The van der Waals surface area contributed by atoms with Crippen LogP contribution in [-0.4, -0.2) is 9.55 Å². The number of fused-ring (bicyclic) bond motifs is 1. The number of benzene rings is 1. The lowest BCUT2D eigenvalue weighted by Gasteiger charge is -2.07. The number of nitrogens with zero attached hydrogens (tertiary/aromatic N) is 2. The van der Waals surface area contributed by atoms with E-state index in [1.807, 2.05) is 18.5 Å². The van der Waals surface area contributed by atoms with E-state index >= 15 is 0 Å². The molecule has 2 aromatic rings. The molecule has 1 aromatic carbocycles. The van der Waals surface area contributed by atoms with E-state index in [4.69, 9.17) is 5.73 Å². The molecule has 2 rings (SSSR count). The van der Waals surface area contributed by atoms with Crippen molar-refractivity contribution < 1.29 is 0 Å². The highest BCUT2D eigenvalue weighted by Crippen LogP contribution is 2.16. The van der Waals surface area contributed by atoms with Gasteiger partial charge in [-0.2, -0.15) is 0 Å². The number of nitrogens with two attached hydrogens (primary N) is 1. The standard InChI is InChI=1S/C12H17N3/c1-9(2)7-15-8-14-11-4-3-10(6-13)5-12(11)15/h3-5,8-9H,6-7,13H2,1-2H3. The summed E-state index contributed by atoms with van der Waals surface area (Å²) in [6.07, 6.45) is 1.91. The molecule has 0 spiro atoms. The molecule has 0 unspecified atom stereocenters. The minimum atomic E-state index is 0.586. The van der Waals surface area contributed by atoms with Gasteiger partial charge in [0.1, 0.15) is 0 Å². The first-order valence-corrected chi connectivity index (χ1v) is 5.34. The third-order valence-corrected chi connectivity index (χ3v) is 2.48. The van der Waals surface area contributed by atoms with Crippen LogP contribution in [-0.2, 0) is 13.1 Å². The lowest BCUT2D eigenvalue weighted by molar-refractivity contribution is 0.532. The maximum atomic E-state index is 5.63. The smallest absolute Gasteiger partial charge is 0.0958 e. The molecule has 0 bridgehead atoms. The van der Waals surface area contributed by atoms with Crippen LogP contribution in [0.25, 0.3) is 11.0 Å². The Morgan fingerprint density at radius 3 is 2.87 bits per heavy atom. The number of imidazole rings is 1. The fourth-order valence-electron chi connectivity index (χ4n) is 1.77. The SMILES string of the molecule is CC(C)Cn1cnc2ccc(CN)cc21. The van der Waals surface area contributed by atoms with Crippen molar-refractivity contribution in [3.8, 4) is 0 Å². The monoisotopic (exact) mass is 203 g/mol. The summed E-state index contributed by atoms with van der Waals surface area (Å²) in [5, 5.41) is 0. The van der Waals surface area contributed by atoms with Gasteiger partial charge in [0, 0.05) is 13.1 Å². The second-order valence-corrected chi connectivity index (χ2v) is 4.32. The van der Waals surface area contributed by atoms with Gasteiger partial charge in [0.15, 0.2) is 0 Å². The first-order valence-electron chi connectivity index (χ1n) is 5.34. The van der Waals surface area contributed by atoms with Crippen molar-refractivity contribution in [3.05, 3.63) is 30.1 Å². The lowest BCUT2D eigenvalue weighted by atomic mass is 10.2. The number of hydrogen-bond donors (Lipinski definition) is 1. The molecule has 3 nitrogen and oxygen atoms in total. The van der Waals surface area contributed by atoms with Gasteiger partial charge in [0.05, 0.1) is 17.4 Å². The van der Waals surface area contributed by atoms with E-state index in [-0.39, 0.29) is 0 Å². The molecule has 0 fully saturated rings. The maximum absolute atomic E-state index is 5.63. The number of aromatic nitrogens is 2. The van der Waals surface area contributed by atoms with Crippen LogP contribution in [0.2, 0.25) is 0 Å². The van der Waals surface area contributed by atoms with E-state index < -0.39 is 0 Å². The van der Waals surface area contributed by atoms with Crippen molar-refractivity contribution in [1.29, 1.82) is 0 Å². The van der Waals surface area contributed by atoms with E-state index in [1.165, 1.54) is 5.52 Å². The normalized spacial score (nSPS) is 11.5. The van der Waals surface area contributed by atoms with Crippen LogP contribution in [0.4, 0.5) is 0 Å². The zero-order valence-electron chi connectivity index (χ0n) is 9.27. The van der Waals surface area contributed by atoms with Gasteiger partial charge in [-0.05, 0) is 23.6 Å². The first-order chi connectivity index (χ1) is 7.20. The zero-order chi connectivity index (χ0) is 10.8. The van der Waals surface area contributed by atoms with Gasteiger partial charge in [-0.3, -0.25) is 0 Å². The summed E-state index contributed by atoms with van der Waals surface area (Å²) in [6, 6.07) is 6.20. The van der Waals surface area contributed by atoms with E-state index in [1.54, 1.807) is 0 Å². The molecule has 0 atom stereocenters. The van der Waals surface area contributed by atoms with Gasteiger partial charge in [-0.25, -0.2) is 4.98 Å². The van der Waals surface area contributed by atoms with Crippen molar-refractivity contribution in [1.82, 2.24) is 9.55 Å². The van der Waals surface area contributed by atoms with Crippen molar-refractivity contribution in [2.24, 2.45) is 11.7 Å². The van der Waals surface area contributed by atoms with Crippen LogP contribution in [0.3, 0.4) is 0 Å². The average Bonchev–Trinajstić information content (AvgIpc) is 2.60. The molecule has 0 radical (unpaired) electrons. The van der Waals surface area contributed by atoms with Crippen LogP contribution in [0.5, 0.6) is 0 Å². The minimum Gasteiger partial charge on any atom is -0.330 e. The number of hydrogen-bond acceptors (Lipinski definition) is 2. The quantitative estimate of drug-likeness (QED) is 0.830. The summed E-state index contributed by atoms with van der Waals surface area (Å²) in [5.41, 5.74) is 9.03. The molecule has 0 saturated carbocycles. The molecular formula is C12H17N3. The van der Waals surface area contributed by atoms with E-state index in [9.17, 15) is 0 Å². The van der Waals surface area contributed by atoms with Gasteiger partial charge >= 0.3 is 0 Å². The van der Waals surface area contributed by atoms with Crippen molar-refractivity contribution >= 4 is 11.0 Å². The molecular weight excluding hydrogens is 186 g/mol. The summed E-state index contributed by atoms with van der Waals surface area (Å²) < 4.78 is 2.19. The Labute approximate surface area is 89.9 Å². The van der Waals surface area contributed by atoms with Crippen molar-refractivity contribution in [3.63, 3.8) is 0 Å². The number of rotatable bonds is 3. The molecule has 15 heavy (non-hydrogen) atoms. The summed E-state index contributed by atoms with van der Waals surface area (Å²) in [5.74, 6) is 0.629. The molecule has 0 saturated heterocycles. The second kappa shape index (κ2) is 4.03. The van der Waals surface area contributed by atoms with E-state index in [2.05, 4.69) is 29.5 Å². The van der Waals surface area contributed by atoms with Gasteiger partial charge in [0.25, 0.3) is 0 Å². The highest BCUT2D eigenvalue weighted by atomic mass is 15.0. The van der Waals surface area contributed by atoms with Crippen molar-refractivity contribution in [2.75, 3.05) is 0 Å². The Morgan fingerprint density at radius 1 is 1.40 bits per heavy atom. The highest BCUT2D eigenvalue weighted by Gasteiger charge is 2.04. The third kappa shape index (κ3) is 2.02. The van der Waals surface area contributed by atoms with Crippen LogP contribution < -0.4 is 5.73 Å². The zero-order valence-corrected chi connectivity index (χ0v) is 9.27. The Morgan fingerprint density at radius 2 is 2.20 bits per heavy atom. The molecule has 0 aliphatic rings. The molecule has 0 aliphatic carbocycles. The molecule has 1 heterocycles. The molecule has 0 amide bonds. The summed E-state index contributed by atoms with van der Waals surface area (Å²) in [7, 11) is 0. The fourth-order valence-corrected chi connectivity index (χ4v) is 1.77. The van der Waals surface area contributed by atoms with Crippen LogP contribution in [0.1, 0.15) is 19.4 Å². The Bertz CT molecular complexity index is 457. The molecule has 1 aromatic heterocycles. The summed E-state index contributed by atoms with van der Waals surface area (Å²) in [6.45, 7) is 6.00. The predicted octanol–water partition coefficient (Wildman–Crippen LogP) is 2.15. The van der Waals surface area contributed by atoms with Gasteiger partial charge in [-0.1, -0.05) is 19.9 Å². The van der Waals surface area contributed by atoms with E-state index in [0.29, 0.717) is 12.5 Å². The van der Waals surface area contributed by atoms with Gasteiger partial charge in [-0.15, -0.1) is 0 Å². The van der Waals surface area contributed by atoms with Gasteiger partial charge < -0.3 is 10.3 Å². The Kier molecular flexibility index (Phi) is 2.73. The highest BCUT2D eigenvalue weighted by molar-refractivity contribution is 5.76. The Balaban J connectivity index is 2.46. The van der Waals surface area contributed by atoms with Gasteiger partial charge in [0.2, 0.25) is 0 Å². The Hall–Kier alpha value is -1.35. The fraction of sp³-hybridized carbons (Fsp3) is 0.417. The van der Waals surface area contributed by atoms with Crippen LogP contribution >= 0.6 is 0 Å². The molecule has 3 heteroatoms. The minimum absolute atomic E-state index is 0.586. The lowest BCUT2D eigenvalue weighted by Crippen LogP contribution is -2.03. The molecule has 2 N–H and O–H groups in total. The van der Waals surface area contributed by atoms with Crippen LogP contribution in [0.15, 0.2) is 24.5 Å². The average molecular weight is 203 g/mol.